The normalized spacial score (nSPS) is 17.7. The number of nitrogens with zero attached hydrogens (tertiary/aromatic N) is 5. The van der Waals surface area contributed by atoms with Crippen LogP contribution in [0, 0.1) is 11.8 Å². The lowest BCUT2D eigenvalue weighted by Crippen LogP contribution is -2.30. The van der Waals surface area contributed by atoms with Crippen molar-refractivity contribution in [3.05, 3.63) is 78.8 Å². The van der Waals surface area contributed by atoms with Gasteiger partial charge in [0.25, 0.3) is 0 Å². The lowest BCUT2D eigenvalue weighted by molar-refractivity contribution is -0.137. The van der Waals surface area contributed by atoms with Crippen molar-refractivity contribution in [3.63, 3.8) is 0 Å². The van der Waals surface area contributed by atoms with Crippen LogP contribution in [0.1, 0.15) is 24.8 Å². The van der Waals surface area contributed by atoms with Crippen LogP contribution in [0.4, 0.5) is 13.2 Å². The van der Waals surface area contributed by atoms with Crippen LogP contribution in [0.25, 0.3) is 44.5 Å². The predicted molar refractivity (Wildman–Crippen MR) is 146 cm³/mol. The molecular formula is C31H26F3N5O. The van der Waals surface area contributed by atoms with Crippen molar-refractivity contribution in [3.8, 4) is 22.5 Å². The van der Waals surface area contributed by atoms with Crippen molar-refractivity contribution in [2.24, 2.45) is 11.8 Å². The average molecular weight is 542 g/mol. The van der Waals surface area contributed by atoms with Crippen molar-refractivity contribution in [1.29, 1.82) is 0 Å². The maximum absolute atomic E-state index is 13.5. The highest BCUT2D eigenvalue weighted by atomic mass is 19.4. The van der Waals surface area contributed by atoms with Gasteiger partial charge in [0.1, 0.15) is 12.2 Å². The van der Waals surface area contributed by atoms with Gasteiger partial charge in [-0.05, 0) is 66.6 Å². The summed E-state index contributed by atoms with van der Waals surface area (Å²) in [5.41, 5.74) is 3.97. The molecule has 1 amide bonds. The number of aromatic nitrogens is 4. The van der Waals surface area contributed by atoms with Crippen LogP contribution in [0.15, 0.2) is 73.2 Å². The maximum Gasteiger partial charge on any atom is 0.416 e. The van der Waals surface area contributed by atoms with E-state index in [1.807, 2.05) is 51.9 Å². The van der Waals surface area contributed by atoms with Crippen molar-refractivity contribution in [1.82, 2.24) is 24.4 Å². The third kappa shape index (κ3) is 4.59. The van der Waals surface area contributed by atoms with Gasteiger partial charge in [-0.15, -0.1) is 0 Å². The maximum atomic E-state index is 13.5. The van der Waals surface area contributed by atoms with Crippen LogP contribution in [-0.4, -0.2) is 43.4 Å². The summed E-state index contributed by atoms with van der Waals surface area (Å²) in [6, 6.07) is 17.7. The van der Waals surface area contributed by atoms with Gasteiger partial charge in [0.2, 0.25) is 5.91 Å². The van der Waals surface area contributed by atoms with Crippen LogP contribution >= 0.6 is 0 Å². The molecule has 1 aliphatic heterocycles. The van der Waals surface area contributed by atoms with Crippen molar-refractivity contribution in [2.45, 2.75) is 32.0 Å². The molecule has 1 saturated heterocycles. The minimum atomic E-state index is -4.44. The Morgan fingerprint density at radius 1 is 0.900 bits per heavy atom. The van der Waals surface area contributed by atoms with E-state index in [2.05, 4.69) is 9.97 Å². The summed E-state index contributed by atoms with van der Waals surface area (Å²) in [7, 11) is 0. The van der Waals surface area contributed by atoms with Gasteiger partial charge < -0.3 is 9.47 Å². The summed E-state index contributed by atoms with van der Waals surface area (Å²) in [5.74, 6) is 1.25. The number of alkyl halides is 3. The van der Waals surface area contributed by atoms with Gasteiger partial charge in [0, 0.05) is 42.7 Å². The number of benzene rings is 3. The van der Waals surface area contributed by atoms with Crippen LogP contribution in [0.2, 0.25) is 0 Å². The molecule has 40 heavy (non-hydrogen) atoms. The Morgan fingerprint density at radius 2 is 1.68 bits per heavy atom. The topological polar surface area (TPSA) is 63.9 Å². The number of halogens is 3. The molecule has 0 bridgehead atoms. The number of carbonyl (C=O) groups excluding carboxylic acids is 1. The molecule has 7 rings (SSSR count). The van der Waals surface area contributed by atoms with Crippen molar-refractivity contribution >= 4 is 27.8 Å². The molecule has 0 N–H and O–H groups in total. The standard InChI is InChI=1S/C31H26F3N5O/c32-31(33,34)25-8-10-28-27(14-25)37-29(39(28)17-19-11-12-38(16-19)30(40)22-5-6-22)21-3-1-20(2-4-21)23-7-9-26-24(13-23)15-35-18-36-26/h1-4,7-10,13-15,18-19,22H,5-6,11-12,16-17H2. The summed E-state index contributed by atoms with van der Waals surface area (Å²) in [6.45, 7) is 1.98. The Hall–Kier alpha value is -4.27. The molecule has 5 aromatic rings. The second-order valence-electron chi connectivity index (χ2n) is 10.8. The Labute approximate surface area is 228 Å². The number of hydrogen-bond donors (Lipinski definition) is 0. The minimum absolute atomic E-state index is 0.179. The van der Waals surface area contributed by atoms with Gasteiger partial charge in [-0.3, -0.25) is 4.79 Å². The Kier molecular flexibility index (Phi) is 5.83. The number of fused-ring (bicyclic) bond motifs is 2. The highest BCUT2D eigenvalue weighted by molar-refractivity contribution is 5.85. The Bertz CT molecular complexity index is 1740. The van der Waals surface area contributed by atoms with Gasteiger partial charge >= 0.3 is 6.18 Å². The summed E-state index contributed by atoms with van der Waals surface area (Å²) in [6.07, 6.45) is 1.67. The monoisotopic (exact) mass is 541 g/mol. The van der Waals surface area contributed by atoms with E-state index in [0.29, 0.717) is 29.9 Å². The second kappa shape index (κ2) is 9.43. The Morgan fingerprint density at radius 3 is 2.45 bits per heavy atom. The molecule has 0 radical (unpaired) electrons. The summed E-state index contributed by atoms with van der Waals surface area (Å²) in [4.78, 5) is 27.6. The molecule has 1 unspecified atom stereocenters. The Balaban J connectivity index is 1.23. The molecule has 1 saturated carbocycles. The van der Waals surface area contributed by atoms with Gasteiger partial charge in [-0.25, -0.2) is 15.0 Å². The molecule has 1 atom stereocenters. The van der Waals surface area contributed by atoms with Gasteiger partial charge in [0.05, 0.1) is 22.1 Å². The fourth-order valence-corrected chi connectivity index (χ4v) is 5.72. The van der Waals surface area contributed by atoms with E-state index < -0.39 is 11.7 Å². The molecule has 202 valence electrons. The molecule has 9 heteroatoms. The van der Waals surface area contributed by atoms with Crippen molar-refractivity contribution < 1.29 is 18.0 Å². The second-order valence-corrected chi connectivity index (χ2v) is 10.8. The van der Waals surface area contributed by atoms with Gasteiger partial charge in [-0.2, -0.15) is 13.2 Å². The number of imidazole rings is 1. The van der Waals surface area contributed by atoms with E-state index in [4.69, 9.17) is 4.98 Å². The smallest absolute Gasteiger partial charge is 0.342 e. The number of rotatable bonds is 5. The van der Waals surface area contributed by atoms with E-state index in [9.17, 15) is 18.0 Å². The fourth-order valence-electron chi connectivity index (χ4n) is 5.72. The molecule has 2 fully saturated rings. The van der Waals surface area contributed by atoms with Crippen LogP contribution < -0.4 is 0 Å². The van der Waals surface area contributed by atoms with Gasteiger partial charge in [0.15, 0.2) is 0 Å². The number of hydrogen-bond acceptors (Lipinski definition) is 4. The zero-order valence-corrected chi connectivity index (χ0v) is 21.6. The van der Waals surface area contributed by atoms with Crippen molar-refractivity contribution in [2.75, 3.05) is 13.1 Å². The van der Waals surface area contributed by atoms with Gasteiger partial charge in [-0.1, -0.05) is 30.3 Å². The highest BCUT2D eigenvalue weighted by Gasteiger charge is 2.37. The number of carbonyl (C=O) groups is 1. The first-order chi connectivity index (χ1) is 19.3. The summed E-state index contributed by atoms with van der Waals surface area (Å²) < 4.78 is 42.5. The van der Waals surface area contributed by atoms with E-state index in [1.165, 1.54) is 12.4 Å². The molecule has 3 aromatic carbocycles. The van der Waals surface area contributed by atoms with E-state index in [1.54, 1.807) is 6.20 Å². The lowest BCUT2D eigenvalue weighted by Gasteiger charge is -2.18. The zero-order valence-electron chi connectivity index (χ0n) is 21.6. The number of amides is 1. The third-order valence-corrected chi connectivity index (χ3v) is 8.02. The van der Waals surface area contributed by atoms with E-state index >= 15 is 0 Å². The molecule has 6 nitrogen and oxygen atoms in total. The van der Waals surface area contributed by atoms with Crippen LogP contribution in [-0.2, 0) is 17.5 Å². The fraction of sp³-hybridized carbons (Fsp3) is 0.290. The largest absolute Gasteiger partial charge is 0.416 e. The molecule has 2 aliphatic rings. The first-order valence-corrected chi connectivity index (χ1v) is 13.5. The minimum Gasteiger partial charge on any atom is -0.342 e. The predicted octanol–water partition coefficient (Wildman–Crippen LogP) is 6.59. The average Bonchev–Trinajstić information content (AvgIpc) is 3.61. The first-order valence-electron chi connectivity index (χ1n) is 13.5. The van der Waals surface area contributed by atoms with Crippen LogP contribution in [0.3, 0.4) is 0 Å². The van der Waals surface area contributed by atoms with E-state index in [-0.39, 0.29) is 17.7 Å². The molecular weight excluding hydrogens is 515 g/mol. The first kappa shape index (κ1) is 24.7. The lowest BCUT2D eigenvalue weighted by atomic mass is 10.0. The highest BCUT2D eigenvalue weighted by Crippen LogP contribution is 2.36. The zero-order chi connectivity index (χ0) is 27.4. The number of likely N-dealkylation sites (tertiary alicyclic amines) is 1. The summed E-state index contributed by atoms with van der Waals surface area (Å²) >= 11 is 0. The molecule has 3 heterocycles. The SMILES string of the molecule is O=C(C1CC1)N1CCC(Cn2c(-c3ccc(-c4ccc5ncncc5c4)cc3)nc3cc(C(F)(F)F)ccc32)C1. The molecule has 1 aliphatic carbocycles. The quantitative estimate of drug-likeness (QED) is 0.252. The third-order valence-electron chi connectivity index (χ3n) is 8.02. The van der Waals surface area contributed by atoms with Crippen LogP contribution in [0.5, 0.6) is 0 Å². The summed E-state index contributed by atoms with van der Waals surface area (Å²) in [5, 5.41) is 0.942. The molecule has 0 spiro atoms. The molecule has 2 aromatic heterocycles. The van der Waals surface area contributed by atoms with E-state index in [0.717, 1.165) is 65.5 Å².